The third-order valence-corrected chi connectivity index (χ3v) is 4.93. The Balaban J connectivity index is 1.74. The van der Waals surface area contributed by atoms with E-state index < -0.39 is 23.5 Å². The Morgan fingerprint density at radius 3 is 2.46 bits per heavy atom. The molecule has 8 heteroatoms. The predicted molar refractivity (Wildman–Crippen MR) is 104 cm³/mol. The molecule has 2 amide bonds. The maximum absolute atomic E-state index is 12.3. The summed E-state index contributed by atoms with van der Waals surface area (Å²) in [6.45, 7) is 1.55. The van der Waals surface area contributed by atoms with Gasteiger partial charge in [0.2, 0.25) is 0 Å². The van der Waals surface area contributed by atoms with E-state index in [0.717, 1.165) is 19.3 Å². The van der Waals surface area contributed by atoms with Crippen molar-refractivity contribution >= 4 is 29.4 Å². The van der Waals surface area contributed by atoms with Crippen molar-refractivity contribution in [2.75, 3.05) is 6.54 Å². The second kappa shape index (κ2) is 10.1. The zero-order valence-corrected chi connectivity index (χ0v) is 16.6. The Labute approximate surface area is 169 Å². The van der Waals surface area contributed by atoms with Crippen LogP contribution in [0.1, 0.15) is 55.8 Å². The lowest BCUT2D eigenvalue weighted by atomic mass is 9.83. The number of rotatable bonds is 7. The van der Waals surface area contributed by atoms with Crippen LogP contribution in [0.5, 0.6) is 0 Å². The zero-order chi connectivity index (χ0) is 20.6. The summed E-state index contributed by atoms with van der Waals surface area (Å²) in [6, 6.07) is 8.56. The highest BCUT2D eigenvalue weighted by atomic mass is 35.5. The standard InChI is InChI=1S/C20H24ClN3O4/c1-14(18(26)24-20(13-22)10-3-2-4-11-20)28-17(25)9-12-23-19(27)15-5-7-16(21)8-6-15/h5-8,14H,2-4,9-12H2,1H3,(H,23,27)(H,24,26)/t14-/m1/s1. The van der Waals surface area contributed by atoms with E-state index in [0.29, 0.717) is 23.4 Å². The summed E-state index contributed by atoms with van der Waals surface area (Å²) in [5.74, 6) is -1.42. The molecule has 1 aromatic carbocycles. The smallest absolute Gasteiger partial charge is 0.308 e. The lowest BCUT2D eigenvalue weighted by molar-refractivity contribution is -0.155. The van der Waals surface area contributed by atoms with E-state index in [1.165, 1.54) is 6.92 Å². The van der Waals surface area contributed by atoms with Gasteiger partial charge in [0, 0.05) is 17.1 Å². The number of carbonyl (C=O) groups is 3. The van der Waals surface area contributed by atoms with Gasteiger partial charge in [-0.15, -0.1) is 0 Å². The van der Waals surface area contributed by atoms with Gasteiger partial charge in [0.25, 0.3) is 11.8 Å². The normalized spacial score (nSPS) is 16.3. The molecule has 0 bridgehead atoms. The molecule has 28 heavy (non-hydrogen) atoms. The molecular formula is C20H24ClN3O4. The van der Waals surface area contributed by atoms with Crippen molar-refractivity contribution in [3.05, 3.63) is 34.9 Å². The van der Waals surface area contributed by atoms with Crippen molar-refractivity contribution in [2.45, 2.75) is 57.1 Å². The molecule has 1 fully saturated rings. The van der Waals surface area contributed by atoms with E-state index in [2.05, 4.69) is 16.7 Å². The molecule has 0 saturated heterocycles. The number of hydrogen-bond donors (Lipinski definition) is 2. The monoisotopic (exact) mass is 405 g/mol. The third kappa shape index (κ3) is 6.24. The minimum Gasteiger partial charge on any atom is -0.452 e. The van der Waals surface area contributed by atoms with Gasteiger partial charge in [-0.1, -0.05) is 30.9 Å². The molecule has 7 nitrogen and oxygen atoms in total. The van der Waals surface area contributed by atoms with Gasteiger partial charge < -0.3 is 15.4 Å². The maximum atomic E-state index is 12.3. The van der Waals surface area contributed by atoms with Crippen molar-refractivity contribution in [1.29, 1.82) is 5.26 Å². The molecule has 0 spiro atoms. The first-order chi connectivity index (χ1) is 13.3. The van der Waals surface area contributed by atoms with Crippen LogP contribution < -0.4 is 10.6 Å². The van der Waals surface area contributed by atoms with Crippen LogP contribution in [-0.2, 0) is 14.3 Å². The highest BCUT2D eigenvalue weighted by molar-refractivity contribution is 6.30. The van der Waals surface area contributed by atoms with Crippen LogP contribution in [0.15, 0.2) is 24.3 Å². The molecular weight excluding hydrogens is 382 g/mol. The van der Waals surface area contributed by atoms with E-state index in [1.807, 2.05) is 0 Å². The first-order valence-corrected chi connectivity index (χ1v) is 9.69. The van der Waals surface area contributed by atoms with Gasteiger partial charge in [0.05, 0.1) is 12.5 Å². The van der Waals surface area contributed by atoms with Gasteiger partial charge in [-0.05, 0) is 44.0 Å². The Bertz CT molecular complexity index is 752. The first kappa shape index (κ1) is 21.7. The molecule has 0 heterocycles. The third-order valence-electron chi connectivity index (χ3n) is 4.68. The Hall–Kier alpha value is -2.59. The number of halogens is 1. The van der Waals surface area contributed by atoms with Crippen molar-refractivity contribution in [1.82, 2.24) is 10.6 Å². The molecule has 0 aliphatic heterocycles. The number of nitriles is 1. The SMILES string of the molecule is C[C@@H](OC(=O)CCNC(=O)c1ccc(Cl)cc1)C(=O)NC1(C#N)CCCCC1. The number of benzene rings is 1. The minimum atomic E-state index is -1.01. The molecule has 0 unspecified atom stereocenters. The number of nitrogens with one attached hydrogen (secondary N) is 2. The summed E-state index contributed by atoms with van der Waals surface area (Å²) in [5.41, 5.74) is -0.442. The highest BCUT2D eigenvalue weighted by Crippen LogP contribution is 2.27. The maximum Gasteiger partial charge on any atom is 0.308 e. The Morgan fingerprint density at radius 2 is 1.86 bits per heavy atom. The van der Waals surface area contributed by atoms with Gasteiger partial charge in [0.1, 0.15) is 5.54 Å². The summed E-state index contributed by atoms with van der Waals surface area (Å²) in [5, 5.41) is 15.3. The van der Waals surface area contributed by atoms with Crippen LogP contribution in [0.2, 0.25) is 5.02 Å². The molecule has 1 aliphatic rings. The Morgan fingerprint density at radius 1 is 1.21 bits per heavy atom. The first-order valence-electron chi connectivity index (χ1n) is 9.32. The second-order valence-electron chi connectivity index (χ2n) is 6.89. The van der Waals surface area contributed by atoms with Crippen LogP contribution >= 0.6 is 11.6 Å². The topological polar surface area (TPSA) is 108 Å². The number of nitrogens with zero attached hydrogens (tertiary/aromatic N) is 1. The fraction of sp³-hybridized carbons (Fsp3) is 0.500. The molecule has 2 rings (SSSR count). The quantitative estimate of drug-likeness (QED) is 0.678. The summed E-state index contributed by atoms with van der Waals surface area (Å²) >= 11 is 5.77. The van der Waals surface area contributed by atoms with E-state index in [1.54, 1.807) is 24.3 Å². The number of ether oxygens (including phenoxy) is 1. The van der Waals surface area contributed by atoms with Crippen LogP contribution in [-0.4, -0.2) is 36.0 Å². The van der Waals surface area contributed by atoms with Crippen molar-refractivity contribution in [3.63, 3.8) is 0 Å². The number of hydrogen-bond acceptors (Lipinski definition) is 5. The van der Waals surface area contributed by atoms with E-state index in [-0.39, 0.29) is 18.9 Å². The van der Waals surface area contributed by atoms with Gasteiger partial charge in [-0.25, -0.2) is 0 Å². The largest absolute Gasteiger partial charge is 0.452 e. The van der Waals surface area contributed by atoms with Crippen molar-refractivity contribution in [2.24, 2.45) is 0 Å². The number of esters is 1. The lowest BCUT2D eigenvalue weighted by Crippen LogP contribution is -2.52. The van der Waals surface area contributed by atoms with E-state index in [9.17, 15) is 19.6 Å². The van der Waals surface area contributed by atoms with Crippen LogP contribution in [0.3, 0.4) is 0 Å². The Kier molecular flexibility index (Phi) is 7.82. The number of carbonyl (C=O) groups excluding carboxylic acids is 3. The number of amides is 2. The van der Waals surface area contributed by atoms with Gasteiger partial charge >= 0.3 is 5.97 Å². The molecule has 1 saturated carbocycles. The van der Waals surface area contributed by atoms with Crippen LogP contribution in [0.25, 0.3) is 0 Å². The summed E-state index contributed by atoms with van der Waals surface area (Å²) in [4.78, 5) is 36.2. The average Bonchev–Trinajstić information content (AvgIpc) is 2.69. The zero-order valence-electron chi connectivity index (χ0n) is 15.8. The summed E-state index contributed by atoms with van der Waals surface area (Å²) < 4.78 is 5.12. The van der Waals surface area contributed by atoms with Crippen LogP contribution in [0, 0.1) is 11.3 Å². The van der Waals surface area contributed by atoms with Crippen molar-refractivity contribution in [3.8, 4) is 6.07 Å². The van der Waals surface area contributed by atoms with E-state index in [4.69, 9.17) is 16.3 Å². The van der Waals surface area contributed by atoms with Crippen molar-refractivity contribution < 1.29 is 19.1 Å². The van der Waals surface area contributed by atoms with Gasteiger partial charge in [0.15, 0.2) is 6.10 Å². The molecule has 0 radical (unpaired) electrons. The van der Waals surface area contributed by atoms with Gasteiger partial charge in [-0.2, -0.15) is 5.26 Å². The minimum absolute atomic E-state index is 0.0691. The van der Waals surface area contributed by atoms with Crippen LogP contribution in [0.4, 0.5) is 0 Å². The van der Waals surface area contributed by atoms with E-state index >= 15 is 0 Å². The molecule has 2 N–H and O–H groups in total. The lowest BCUT2D eigenvalue weighted by Gasteiger charge is -2.32. The fourth-order valence-electron chi connectivity index (χ4n) is 3.05. The summed E-state index contributed by atoms with van der Waals surface area (Å²) in [7, 11) is 0. The molecule has 1 aromatic rings. The average molecular weight is 406 g/mol. The molecule has 0 aromatic heterocycles. The van der Waals surface area contributed by atoms with Gasteiger partial charge in [-0.3, -0.25) is 14.4 Å². The molecule has 1 aliphatic carbocycles. The summed E-state index contributed by atoms with van der Waals surface area (Å²) in [6.07, 6.45) is 2.95. The highest BCUT2D eigenvalue weighted by Gasteiger charge is 2.35. The second-order valence-corrected chi connectivity index (χ2v) is 7.33. The molecule has 150 valence electrons. The molecule has 1 atom stereocenters. The fourth-order valence-corrected chi connectivity index (χ4v) is 3.17. The predicted octanol–water partition coefficient (Wildman–Crippen LogP) is 2.73.